The Kier molecular flexibility index (Phi) is 26.0. The first-order chi connectivity index (χ1) is 17.7. The van der Waals surface area contributed by atoms with Gasteiger partial charge in [0.1, 0.15) is 73.2 Å². The zero-order chi connectivity index (χ0) is 31.8. The maximum atomic E-state index is 9.98. The van der Waals surface area contributed by atoms with Crippen LogP contribution >= 0.6 is 0 Å². The second-order valence-corrected chi connectivity index (χ2v) is 7.48. The molecule has 0 aromatic rings. The van der Waals surface area contributed by atoms with Crippen molar-refractivity contribution >= 4 is 35.3 Å². The van der Waals surface area contributed by atoms with E-state index in [9.17, 15) is 29.7 Å². The van der Waals surface area contributed by atoms with Gasteiger partial charge in [0.15, 0.2) is 0 Å². The third-order valence-corrected chi connectivity index (χ3v) is 4.49. The second-order valence-electron chi connectivity index (χ2n) is 7.48. The van der Waals surface area contributed by atoms with Crippen LogP contribution in [0.2, 0.25) is 0 Å². The minimum absolute atomic E-state index is 0. The molecule has 0 aliphatic heterocycles. The Morgan fingerprint density at radius 1 is 0.400 bits per heavy atom. The molecule has 12 atom stereocenters. The number of aliphatic hydroxyl groups excluding tert-OH is 15. The van der Waals surface area contributed by atoms with E-state index < -0.39 is 111 Å². The fourth-order valence-corrected chi connectivity index (χ4v) is 1.99. The van der Waals surface area contributed by atoms with Gasteiger partial charge in [-0.1, -0.05) is 0 Å². The summed E-state index contributed by atoms with van der Waals surface area (Å²) >= 11 is 0. The molecule has 22 heteroatoms. The summed E-state index contributed by atoms with van der Waals surface area (Å²) in [4.78, 5) is 29.9. The maximum absolute atomic E-state index is 9.98. The van der Waals surface area contributed by atoms with Gasteiger partial charge >= 0.3 is 17.4 Å². The predicted octanol–water partition coefficient (Wildman–Crippen LogP) is -14.9. The summed E-state index contributed by atoms with van der Waals surface area (Å²) in [6.07, 6.45) is -24.2. The van der Waals surface area contributed by atoms with Crippen molar-refractivity contribution in [2.45, 2.75) is 73.2 Å². The molecular weight excluding hydrogens is 579 g/mol. The summed E-state index contributed by atoms with van der Waals surface area (Å²) in [5, 5.41) is 160. The van der Waals surface area contributed by atoms with Gasteiger partial charge in [0.25, 0.3) is 0 Å². The molecule has 0 saturated heterocycles. The van der Waals surface area contributed by atoms with E-state index in [2.05, 4.69) is 0 Å². The van der Waals surface area contributed by atoms with E-state index in [1.54, 1.807) is 0 Å². The molecule has 0 saturated carbocycles. The van der Waals surface area contributed by atoms with Crippen LogP contribution in [-0.2, 0) is 14.4 Å². The van der Waals surface area contributed by atoms with E-state index >= 15 is 0 Å². The number of rotatable bonds is 15. The van der Waals surface area contributed by atoms with E-state index in [1.165, 1.54) is 0 Å². The molecule has 0 fully saturated rings. The number of carboxylic acids is 3. The summed E-state index contributed by atoms with van der Waals surface area (Å²) in [6.45, 7) is -2.59. The molecule has 21 nitrogen and oxygen atoms in total. The van der Waals surface area contributed by atoms with E-state index in [4.69, 9.17) is 76.6 Å². The molecule has 0 unspecified atom stereocenters. The zero-order valence-corrected chi connectivity index (χ0v) is 21.4. The Bertz CT molecular complexity index is 608. The summed E-state index contributed by atoms with van der Waals surface area (Å²) in [7, 11) is 0. The SMILES string of the molecule is O=C([O-])[C@H](O)[C@@H](O)[C@H](O)[C@H](O)CO.O=C([O-])[C@H](O)[C@@H](O)[C@H](O)[C@H](O)CO.O=C([O-])[C@H](O)[C@@H](O)[C@H](O)[C@H](O)CO.[Al+3]. The van der Waals surface area contributed by atoms with Gasteiger partial charge in [-0.2, -0.15) is 0 Å². The number of aliphatic carboxylic acids is 3. The number of aliphatic hydroxyl groups is 15. The van der Waals surface area contributed by atoms with Crippen molar-refractivity contribution in [3.63, 3.8) is 0 Å². The molecule has 0 aliphatic carbocycles. The average molecular weight is 612 g/mol. The van der Waals surface area contributed by atoms with Crippen LogP contribution in [0.5, 0.6) is 0 Å². The normalized spacial score (nSPS) is 19.9. The molecule has 0 radical (unpaired) electrons. The topological polar surface area (TPSA) is 424 Å². The van der Waals surface area contributed by atoms with Gasteiger partial charge in [0.05, 0.1) is 37.7 Å². The number of carboxylic acid groups (broad SMARTS) is 3. The standard InChI is InChI=1S/3C6H12O7.Al/c3*7-1-2(8)3(9)4(10)5(11)6(12)13;/h3*2-5,7-11H,1H2,(H,12,13);/q;;;+3/p-3/t3*2-,3-,4+,5-;/m111./s1. The Balaban J connectivity index is -0.000000240. The van der Waals surface area contributed by atoms with E-state index in [1.807, 2.05) is 0 Å². The molecule has 0 aromatic carbocycles. The van der Waals surface area contributed by atoms with Crippen LogP contribution < -0.4 is 15.3 Å². The summed E-state index contributed by atoms with van der Waals surface area (Å²) < 4.78 is 0. The molecule has 0 amide bonds. The van der Waals surface area contributed by atoms with Gasteiger partial charge in [-0.25, -0.2) is 0 Å². The smallest absolute Gasteiger partial charge is 0.547 e. The molecule has 0 rings (SSSR count). The number of hydrogen-bond acceptors (Lipinski definition) is 21. The monoisotopic (exact) mass is 612 g/mol. The first kappa shape index (κ1) is 45.3. The van der Waals surface area contributed by atoms with Crippen LogP contribution in [0.3, 0.4) is 0 Å². The predicted molar refractivity (Wildman–Crippen MR) is 114 cm³/mol. The molecule has 0 aromatic heterocycles. The number of hydrogen-bond donors (Lipinski definition) is 15. The van der Waals surface area contributed by atoms with Crippen LogP contribution in [0.1, 0.15) is 0 Å². The van der Waals surface area contributed by atoms with Crippen LogP contribution in [0.15, 0.2) is 0 Å². The summed E-state index contributed by atoms with van der Waals surface area (Å²) in [5.74, 6) is -5.93. The third kappa shape index (κ3) is 16.6. The molecule has 0 aliphatic rings. The molecule has 0 heterocycles. The average Bonchev–Trinajstić information content (AvgIpc) is 2.92. The quantitative estimate of drug-likeness (QED) is 0.0763. The first-order valence-electron chi connectivity index (χ1n) is 10.4. The van der Waals surface area contributed by atoms with Crippen LogP contribution in [0.25, 0.3) is 0 Å². The molecular formula is C18H33AlO21. The van der Waals surface area contributed by atoms with Crippen molar-refractivity contribution in [2.24, 2.45) is 0 Å². The van der Waals surface area contributed by atoms with E-state index in [0.717, 1.165) is 0 Å². The van der Waals surface area contributed by atoms with Crippen molar-refractivity contribution in [1.29, 1.82) is 0 Å². The van der Waals surface area contributed by atoms with Gasteiger partial charge in [0, 0.05) is 0 Å². The number of carbonyl (C=O) groups is 3. The molecule has 0 bridgehead atoms. The van der Waals surface area contributed by atoms with Gasteiger partial charge < -0.3 is 106 Å². The van der Waals surface area contributed by atoms with Crippen LogP contribution in [-0.4, -0.2) is 205 Å². The molecule has 15 N–H and O–H groups in total. The Hall–Kier alpha value is -1.66. The van der Waals surface area contributed by atoms with Crippen molar-refractivity contribution in [3.8, 4) is 0 Å². The first-order valence-corrected chi connectivity index (χ1v) is 10.4. The molecule has 234 valence electrons. The van der Waals surface area contributed by atoms with E-state index in [0.29, 0.717) is 0 Å². The fraction of sp³-hybridized carbons (Fsp3) is 0.833. The summed E-state index contributed by atoms with van der Waals surface area (Å²) in [5.41, 5.74) is 0. The van der Waals surface area contributed by atoms with Crippen molar-refractivity contribution < 1.29 is 106 Å². The Labute approximate surface area is 235 Å². The summed E-state index contributed by atoms with van der Waals surface area (Å²) in [6, 6.07) is 0. The van der Waals surface area contributed by atoms with Crippen LogP contribution in [0.4, 0.5) is 0 Å². The second kappa shape index (κ2) is 23.0. The van der Waals surface area contributed by atoms with Crippen molar-refractivity contribution in [1.82, 2.24) is 0 Å². The molecule has 0 spiro atoms. The van der Waals surface area contributed by atoms with Crippen LogP contribution in [0, 0.1) is 0 Å². The fourth-order valence-electron chi connectivity index (χ4n) is 1.99. The van der Waals surface area contributed by atoms with Gasteiger partial charge in [-0.15, -0.1) is 0 Å². The van der Waals surface area contributed by atoms with Crippen molar-refractivity contribution in [2.75, 3.05) is 19.8 Å². The van der Waals surface area contributed by atoms with Gasteiger partial charge in [0.2, 0.25) is 0 Å². The minimum atomic E-state index is -2.31. The zero-order valence-electron chi connectivity index (χ0n) is 20.3. The Morgan fingerprint density at radius 2 is 0.550 bits per heavy atom. The number of carbonyl (C=O) groups excluding carboxylic acids is 3. The van der Waals surface area contributed by atoms with Gasteiger partial charge in [-0.3, -0.25) is 0 Å². The van der Waals surface area contributed by atoms with E-state index in [-0.39, 0.29) is 17.4 Å². The van der Waals surface area contributed by atoms with Gasteiger partial charge in [-0.05, 0) is 0 Å². The molecule has 40 heavy (non-hydrogen) atoms. The minimum Gasteiger partial charge on any atom is -0.547 e. The maximum Gasteiger partial charge on any atom is 3.00 e. The largest absolute Gasteiger partial charge is 3.00 e. The Morgan fingerprint density at radius 3 is 0.650 bits per heavy atom. The third-order valence-electron chi connectivity index (χ3n) is 4.49. The van der Waals surface area contributed by atoms with Crippen molar-refractivity contribution in [3.05, 3.63) is 0 Å².